The first-order valence-electron chi connectivity index (χ1n) is 13.8. The standard InChI is InChI=1S/C24H26O3.C10H14O3.ClH/c1-2-9-22(25)21-14-15-23(26-17-19-10-5-3-6-11-19)24(16-21)27-18-20-12-7-4-8-13-20;1-2-3-8(11)7-4-5-9(12)10(13)6-7;/h3-8,10-16,22,25H,2,9,17-18H2,1H3;4-6,8,11-13H,2-3H2,1H3;1H/t22-;8-;/m00./s1. The molecule has 220 valence electrons. The lowest BCUT2D eigenvalue weighted by molar-refractivity contribution is 0.165. The van der Waals surface area contributed by atoms with E-state index in [1.165, 1.54) is 12.1 Å². The zero-order valence-corrected chi connectivity index (χ0v) is 24.5. The highest BCUT2D eigenvalue weighted by Crippen LogP contribution is 2.33. The number of phenolic OH excluding ortho intramolecular Hbond substituents is 2. The molecule has 0 aliphatic carbocycles. The van der Waals surface area contributed by atoms with Crippen LogP contribution in [0.2, 0.25) is 0 Å². The lowest BCUT2D eigenvalue weighted by Gasteiger charge is -2.16. The minimum absolute atomic E-state index is 0. The van der Waals surface area contributed by atoms with E-state index in [1.54, 1.807) is 6.07 Å². The van der Waals surface area contributed by atoms with Crippen LogP contribution in [0.25, 0.3) is 0 Å². The van der Waals surface area contributed by atoms with Crippen molar-refractivity contribution in [1.29, 1.82) is 0 Å². The Morgan fingerprint density at radius 2 is 1.02 bits per heavy atom. The highest BCUT2D eigenvalue weighted by atomic mass is 35.5. The third-order valence-corrected chi connectivity index (χ3v) is 6.34. The average Bonchev–Trinajstić information content (AvgIpc) is 2.98. The number of phenols is 2. The van der Waals surface area contributed by atoms with Crippen molar-refractivity contribution in [3.05, 3.63) is 119 Å². The molecule has 0 saturated heterocycles. The van der Waals surface area contributed by atoms with Gasteiger partial charge in [0.05, 0.1) is 12.2 Å². The molecule has 41 heavy (non-hydrogen) atoms. The van der Waals surface area contributed by atoms with Gasteiger partial charge in [0.25, 0.3) is 0 Å². The molecule has 0 unspecified atom stereocenters. The Kier molecular flexibility index (Phi) is 14.6. The number of hydrogen-bond donors (Lipinski definition) is 4. The Morgan fingerprint density at radius 3 is 1.51 bits per heavy atom. The Bertz CT molecular complexity index is 1280. The fourth-order valence-corrected chi connectivity index (χ4v) is 4.06. The smallest absolute Gasteiger partial charge is 0.162 e. The van der Waals surface area contributed by atoms with Crippen LogP contribution in [-0.2, 0) is 13.2 Å². The molecule has 0 bridgehead atoms. The van der Waals surface area contributed by atoms with E-state index in [4.69, 9.17) is 19.7 Å². The van der Waals surface area contributed by atoms with Crippen LogP contribution in [-0.4, -0.2) is 20.4 Å². The monoisotopic (exact) mass is 580 g/mol. The normalized spacial score (nSPS) is 11.8. The van der Waals surface area contributed by atoms with Gasteiger partial charge < -0.3 is 29.9 Å². The van der Waals surface area contributed by atoms with E-state index in [0.717, 1.165) is 36.0 Å². The molecule has 6 nitrogen and oxygen atoms in total. The Labute approximate surface area is 249 Å². The SMILES string of the molecule is CCC[C@H](O)c1ccc(O)c(O)c1.CCC[C@H](O)c1ccc(OCc2ccccc2)c(OCc2ccccc2)c1.Cl. The predicted molar refractivity (Wildman–Crippen MR) is 165 cm³/mol. The number of rotatable bonds is 12. The molecule has 4 rings (SSSR count). The first kappa shape index (κ1) is 33.5. The quantitative estimate of drug-likeness (QED) is 0.127. The van der Waals surface area contributed by atoms with Crippen molar-refractivity contribution in [1.82, 2.24) is 0 Å². The van der Waals surface area contributed by atoms with Crippen molar-refractivity contribution in [2.75, 3.05) is 0 Å². The van der Waals surface area contributed by atoms with Gasteiger partial charge in [-0.05, 0) is 59.4 Å². The third-order valence-electron chi connectivity index (χ3n) is 6.34. The molecule has 4 aromatic rings. The van der Waals surface area contributed by atoms with Gasteiger partial charge in [-0.2, -0.15) is 0 Å². The summed E-state index contributed by atoms with van der Waals surface area (Å²) in [6.07, 6.45) is 2.14. The van der Waals surface area contributed by atoms with Crippen LogP contribution in [0.4, 0.5) is 0 Å². The van der Waals surface area contributed by atoms with Gasteiger partial charge in [-0.1, -0.05) is 99.5 Å². The molecule has 0 radical (unpaired) electrons. The van der Waals surface area contributed by atoms with Crippen molar-refractivity contribution >= 4 is 12.4 Å². The summed E-state index contributed by atoms with van der Waals surface area (Å²) in [6.45, 7) is 4.96. The number of aromatic hydroxyl groups is 2. The fraction of sp³-hybridized carbons (Fsp3) is 0.294. The summed E-state index contributed by atoms with van der Waals surface area (Å²) in [4.78, 5) is 0. The van der Waals surface area contributed by atoms with E-state index in [1.807, 2.05) is 85.8 Å². The maximum absolute atomic E-state index is 10.3. The summed E-state index contributed by atoms with van der Waals surface area (Å²) in [6, 6.07) is 30.1. The molecule has 0 amide bonds. The summed E-state index contributed by atoms with van der Waals surface area (Å²) in [5.74, 6) is 0.991. The molecule has 0 fully saturated rings. The van der Waals surface area contributed by atoms with E-state index in [0.29, 0.717) is 36.7 Å². The fourth-order valence-electron chi connectivity index (χ4n) is 4.06. The van der Waals surface area contributed by atoms with Crippen molar-refractivity contribution < 1.29 is 29.9 Å². The number of aliphatic hydroxyl groups excluding tert-OH is 2. The molecular weight excluding hydrogens is 540 g/mol. The minimum Gasteiger partial charge on any atom is -0.504 e. The van der Waals surface area contributed by atoms with Crippen LogP contribution < -0.4 is 9.47 Å². The number of ether oxygens (including phenoxy) is 2. The number of benzene rings is 4. The van der Waals surface area contributed by atoms with Gasteiger partial charge in [-0.25, -0.2) is 0 Å². The Hall–Kier alpha value is -3.71. The molecule has 0 aromatic heterocycles. The molecule has 0 heterocycles. The van der Waals surface area contributed by atoms with Gasteiger partial charge in [-0.15, -0.1) is 12.4 Å². The molecule has 0 aliphatic rings. The number of hydrogen-bond acceptors (Lipinski definition) is 6. The average molecular weight is 581 g/mol. The topological polar surface area (TPSA) is 99.4 Å². The van der Waals surface area contributed by atoms with Crippen LogP contribution >= 0.6 is 12.4 Å². The van der Waals surface area contributed by atoms with E-state index < -0.39 is 12.2 Å². The second kappa shape index (κ2) is 17.9. The minimum atomic E-state index is -0.559. The highest BCUT2D eigenvalue weighted by Gasteiger charge is 2.13. The Balaban J connectivity index is 0.000000355. The number of aliphatic hydroxyl groups is 2. The molecule has 4 N–H and O–H groups in total. The van der Waals surface area contributed by atoms with Gasteiger partial charge >= 0.3 is 0 Å². The lowest BCUT2D eigenvalue weighted by Crippen LogP contribution is -2.03. The first-order valence-corrected chi connectivity index (χ1v) is 13.8. The van der Waals surface area contributed by atoms with Crippen molar-refractivity contribution in [2.45, 2.75) is 65.0 Å². The molecule has 2 atom stereocenters. The van der Waals surface area contributed by atoms with E-state index in [2.05, 4.69) is 6.92 Å². The third kappa shape index (κ3) is 11.0. The maximum atomic E-state index is 10.3. The van der Waals surface area contributed by atoms with Gasteiger partial charge in [0.1, 0.15) is 13.2 Å². The van der Waals surface area contributed by atoms with Crippen LogP contribution in [0.5, 0.6) is 23.0 Å². The van der Waals surface area contributed by atoms with E-state index >= 15 is 0 Å². The molecule has 0 saturated carbocycles. The van der Waals surface area contributed by atoms with Crippen molar-refractivity contribution in [3.63, 3.8) is 0 Å². The van der Waals surface area contributed by atoms with Gasteiger partial charge in [0, 0.05) is 0 Å². The number of halogens is 1. The summed E-state index contributed by atoms with van der Waals surface area (Å²) < 4.78 is 12.0. The Morgan fingerprint density at radius 1 is 0.561 bits per heavy atom. The zero-order chi connectivity index (χ0) is 28.7. The van der Waals surface area contributed by atoms with Crippen LogP contribution in [0.15, 0.2) is 97.1 Å². The maximum Gasteiger partial charge on any atom is 0.162 e. The van der Waals surface area contributed by atoms with Gasteiger partial charge in [0.15, 0.2) is 23.0 Å². The summed E-state index contributed by atoms with van der Waals surface area (Å²) in [5, 5.41) is 38.1. The highest BCUT2D eigenvalue weighted by molar-refractivity contribution is 5.85. The summed E-state index contributed by atoms with van der Waals surface area (Å²) >= 11 is 0. The molecule has 0 spiro atoms. The second-order valence-electron chi connectivity index (χ2n) is 9.61. The zero-order valence-electron chi connectivity index (χ0n) is 23.6. The summed E-state index contributed by atoms with van der Waals surface area (Å²) in [7, 11) is 0. The van der Waals surface area contributed by atoms with Crippen LogP contribution in [0.3, 0.4) is 0 Å². The lowest BCUT2D eigenvalue weighted by atomic mass is 10.0. The van der Waals surface area contributed by atoms with E-state index in [-0.39, 0.29) is 23.9 Å². The molecule has 0 aliphatic heterocycles. The van der Waals surface area contributed by atoms with E-state index in [9.17, 15) is 10.2 Å². The van der Waals surface area contributed by atoms with Gasteiger partial charge in [0.2, 0.25) is 0 Å². The predicted octanol–water partition coefficient (Wildman–Crippen LogP) is 8.03. The van der Waals surface area contributed by atoms with Crippen molar-refractivity contribution in [3.8, 4) is 23.0 Å². The molecule has 4 aromatic carbocycles. The summed E-state index contributed by atoms with van der Waals surface area (Å²) in [5.41, 5.74) is 3.68. The van der Waals surface area contributed by atoms with Crippen molar-refractivity contribution in [2.24, 2.45) is 0 Å². The molecule has 7 heteroatoms. The van der Waals surface area contributed by atoms with Crippen LogP contribution in [0.1, 0.15) is 74.0 Å². The first-order chi connectivity index (χ1) is 19.4. The molecular formula is C34H41ClO6. The van der Waals surface area contributed by atoms with Crippen LogP contribution in [0, 0.1) is 0 Å². The van der Waals surface area contributed by atoms with Gasteiger partial charge in [-0.3, -0.25) is 0 Å². The largest absolute Gasteiger partial charge is 0.504 e. The second-order valence-corrected chi connectivity index (χ2v) is 9.61.